The summed E-state index contributed by atoms with van der Waals surface area (Å²) in [6.07, 6.45) is 4.36. The molecule has 2 heterocycles. The van der Waals surface area contributed by atoms with Crippen LogP contribution in [0.1, 0.15) is 30.0 Å². The standard InChI is InChI=1S/C15H22N2O2S/c1-16(20(2,18)19)13-8-10-17-9-7-12-5-3-4-6-14(12)15(17)11-13/h3-6,13,15H,7-11H2,1-2H3/p+1/t13-,15-/m0/s1. The van der Waals surface area contributed by atoms with E-state index < -0.39 is 10.0 Å². The smallest absolute Gasteiger partial charge is 0.211 e. The van der Waals surface area contributed by atoms with Crippen LogP contribution in [0.25, 0.3) is 0 Å². The van der Waals surface area contributed by atoms with E-state index in [0.717, 1.165) is 25.8 Å². The second-order valence-corrected chi connectivity index (χ2v) is 8.16. The molecule has 0 amide bonds. The highest BCUT2D eigenvalue weighted by Crippen LogP contribution is 2.28. The van der Waals surface area contributed by atoms with Gasteiger partial charge in [-0.25, -0.2) is 12.7 Å². The molecule has 1 N–H and O–H groups in total. The van der Waals surface area contributed by atoms with Gasteiger partial charge in [-0.3, -0.25) is 0 Å². The number of nitrogens with one attached hydrogen (secondary N) is 1. The quantitative estimate of drug-likeness (QED) is 0.848. The van der Waals surface area contributed by atoms with Crippen molar-refractivity contribution in [2.45, 2.75) is 31.3 Å². The van der Waals surface area contributed by atoms with E-state index in [2.05, 4.69) is 24.3 Å². The summed E-state index contributed by atoms with van der Waals surface area (Å²) in [5, 5.41) is 0. The monoisotopic (exact) mass is 295 g/mol. The van der Waals surface area contributed by atoms with Crippen LogP contribution in [0.4, 0.5) is 0 Å². The van der Waals surface area contributed by atoms with Crippen LogP contribution in [0.15, 0.2) is 24.3 Å². The molecule has 3 atom stereocenters. The maximum Gasteiger partial charge on any atom is 0.211 e. The Balaban J connectivity index is 1.86. The number of quaternary nitrogens is 1. The van der Waals surface area contributed by atoms with Crippen LogP contribution in [0, 0.1) is 0 Å². The Morgan fingerprint density at radius 1 is 1.25 bits per heavy atom. The summed E-state index contributed by atoms with van der Waals surface area (Å²) in [5.41, 5.74) is 2.88. The van der Waals surface area contributed by atoms with E-state index in [0.29, 0.717) is 6.04 Å². The maximum atomic E-state index is 11.8. The number of rotatable bonds is 2. The second-order valence-electron chi connectivity index (χ2n) is 6.12. The van der Waals surface area contributed by atoms with Gasteiger partial charge in [0.1, 0.15) is 6.04 Å². The molecular weight excluding hydrogens is 272 g/mol. The zero-order chi connectivity index (χ0) is 14.3. The van der Waals surface area contributed by atoms with Crippen molar-refractivity contribution in [1.82, 2.24) is 4.31 Å². The van der Waals surface area contributed by atoms with Crippen molar-refractivity contribution in [3.63, 3.8) is 0 Å². The van der Waals surface area contributed by atoms with E-state index in [1.165, 1.54) is 23.9 Å². The van der Waals surface area contributed by atoms with E-state index in [1.54, 1.807) is 16.3 Å². The van der Waals surface area contributed by atoms with Crippen LogP contribution >= 0.6 is 0 Å². The number of hydrogen-bond acceptors (Lipinski definition) is 2. The fourth-order valence-corrected chi connectivity index (χ4v) is 4.46. The molecule has 1 aromatic rings. The molecule has 20 heavy (non-hydrogen) atoms. The van der Waals surface area contributed by atoms with Gasteiger partial charge >= 0.3 is 0 Å². The Morgan fingerprint density at radius 2 is 2.00 bits per heavy atom. The summed E-state index contributed by atoms with van der Waals surface area (Å²) in [6.45, 7) is 2.25. The molecule has 2 aliphatic rings. The van der Waals surface area contributed by atoms with Gasteiger partial charge in [0.25, 0.3) is 0 Å². The highest BCUT2D eigenvalue weighted by molar-refractivity contribution is 7.88. The van der Waals surface area contributed by atoms with Gasteiger partial charge in [0.15, 0.2) is 0 Å². The van der Waals surface area contributed by atoms with Crippen LogP contribution in [0.5, 0.6) is 0 Å². The summed E-state index contributed by atoms with van der Waals surface area (Å²) in [4.78, 5) is 1.63. The van der Waals surface area contributed by atoms with Crippen molar-refractivity contribution < 1.29 is 13.3 Å². The molecule has 0 aromatic heterocycles. The highest BCUT2D eigenvalue weighted by atomic mass is 32.2. The van der Waals surface area contributed by atoms with Crippen molar-refractivity contribution in [1.29, 1.82) is 0 Å². The number of fused-ring (bicyclic) bond motifs is 3. The van der Waals surface area contributed by atoms with Crippen molar-refractivity contribution in [2.24, 2.45) is 0 Å². The topological polar surface area (TPSA) is 41.8 Å². The van der Waals surface area contributed by atoms with Crippen LogP contribution < -0.4 is 4.90 Å². The number of sulfonamides is 1. The predicted octanol–water partition coefficient (Wildman–Crippen LogP) is 0.223. The molecule has 110 valence electrons. The van der Waals surface area contributed by atoms with Gasteiger partial charge in [0.2, 0.25) is 10.0 Å². The molecule has 4 nitrogen and oxygen atoms in total. The highest BCUT2D eigenvalue weighted by Gasteiger charge is 2.39. The van der Waals surface area contributed by atoms with Crippen LogP contribution in [-0.2, 0) is 16.4 Å². The molecule has 5 heteroatoms. The number of nitrogens with zero attached hydrogens (tertiary/aromatic N) is 1. The van der Waals surface area contributed by atoms with Gasteiger partial charge in [-0.05, 0) is 5.56 Å². The van der Waals surface area contributed by atoms with E-state index in [4.69, 9.17) is 0 Å². The summed E-state index contributed by atoms with van der Waals surface area (Å²) < 4.78 is 25.1. The van der Waals surface area contributed by atoms with E-state index in [1.807, 2.05) is 0 Å². The summed E-state index contributed by atoms with van der Waals surface area (Å²) in [5.74, 6) is 0. The van der Waals surface area contributed by atoms with E-state index in [9.17, 15) is 8.42 Å². The van der Waals surface area contributed by atoms with Crippen LogP contribution in [-0.4, -0.2) is 45.2 Å². The molecule has 2 aliphatic heterocycles. The van der Waals surface area contributed by atoms with Crippen molar-refractivity contribution in [2.75, 3.05) is 26.4 Å². The third-order valence-electron chi connectivity index (χ3n) is 4.98. The van der Waals surface area contributed by atoms with Gasteiger partial charge in [-0.2, -0.15) is 0 Å². The van der Waals surface area contributed by atoms with Gasteiger partial charge < -0.3 is 4.90 Å². The molecule has 3 rings (SSSR count). The molecular formula is C15H23N2O2S+. The average Bonchev–Trinajstić information content (AvgIpc) is 2.45. The van der Waals surface area contributed by atoms with E-state index >= 15 is 0 Å². The summed E-state index contributed by atoms with van der Waals surface area (Å²) in [6, 6.07) is 9.25. The van der Waals surface area contributed by atoms with Crippen LogP contribution in [0.3, 0.4) is 0 Å². The lowest BCUT2D eigenvalue weighted by molar-refractivity contribution is -0.939. The summed E-state index contributed by atoms with van der Waals surface area (Å²) >= 11 is 0. The maximum absolute atomic E-state index is 11.8. The average molecular weight is 295 g/mol. The molecule has 1 aromatic carbocycles. The minimum absolute atomic E-state index is 0.143. The fourth-order valence-electron chi connectivity index (χ4n) is 3.73. The van der Waals surface area contributed by atoms with Gasteiger partial charge in [0.05, 0.1) is 19.3 Å². The molecule has 1 fully saturated rings. The molecule has 1 saturated heterocycles. The Bertz CT molecular complexity index is 600. The molecule has 0 bridgehead atoms. The number of benzene rings is 1. The second kappa shape index (κ2) is 5.13. The largest absolute Gasteiger partial charge is 0.328 e. The van der Waals surface area contributed by atoms with Crippen molar-refractivity contribution >= 4 is 10.0 Å². The van der Waals surface area contributed by atoms with E-state index in [-0.39, 0.29) is 6.04 Å². The van der Waals surface area contributed by atoms with Gasteiger partial charge in [-0.1, -0.05) is 24.3 Å². The van der Waals surface area contributed by atoms with Crippen LogP contribution in [0.2, 0.25) is 0 Å². The lowest BCUT2D eigenvalue weighted by Crippen LogP contribution is -3.14. The molecule has 1 unspecified atom stereocenters. The lowest BCUT2D eigenvalue weighted by atomic mass is 9.85. The Hall–Kier alpha value is -0.910. The lowest BCUT2D eigenvalue weighted by Gasteiger charge is -2.42. The fraction of sp³-hybridized carbons (Fsp3) is 0.600. The van der Waals surface area contributed by atoms with Gasteiger partial charge in [0, 0.05) is 37.9 Å². The molecule has 0 spiro atoms. The third kappa shape index (κ3) is 2.50. The first-order valence-electron chi connectivity index (χ1n) is 7.32. The molecule has 0 aliphatic carbocycles. The Kier molecular flexibility index (Phi) is 3.60. The number of piperidine rings is 1. The van der Waals surface area contributed by atoms with Crippen molar-refractivity contribution in [3.05, 3.63) is 35.4 Å². The normalized spacial score (nSPS) is 29.9. The zero-order valence-electron chi connectivity index (χ0n) is 12.2. The number of hydrogen-bond donors (Lipinski definition) is 1. The predicted molar refractivity (Wildman–Crippen MR) is 79.2 cm³/mol. The zero-order valence-corrected chi connectivity index (χ0v) is 13.0. The van der Waals surface area contributed by atoms with Gasteiger partial charge in [-0.15, -0.1) is 0 Å². The minimum atomic E-state index is -3.09. The first-order chi connectivity index (χ1) is 9.47. The first-order valence-corrected chi connectivity index (χ1v) is 9.17. The first kappa shape index (κ1) is 14.0. The Morgan fingerprint density at radius 3 is 2.75 bits per heavy atom. The van der Waals surface area contributed by atoms with Crippen molar-refractivity contribution in [3.8, 4) is 0 Å². The SMILES string of the molecule is CN([C@H]1CC[NH+]2CCc3ccccc3[C@@H]2C1)S(C)(=O)=O. The molecule has 0 radical (unpaired) electrons. The third-order valence-corrected chi connectivity index (χ3v) is 6.33. The minimum Gasteiger partial charge on any atom is -0.328 e. The molecule has 0 saturated carbocycles. The summed E-state index contributed by atoms with van der Waals surface area (Å²) in [7, 11) is -1.37. The Labute approximate surface area is 121 Å².